The van der Waals surface area contributed by atoms with Gasteiger partial charge >= 0.3 is 6.55 Å². The summed E-state index contributed by atoms with van der Waals surface area (Å²) in [4.78, 5) is 35.7. The van der Waals surface area contributed by atoms with Gasteiger partial charge in [0.05, 0.1) is 41.3 Å². The van der Waals surface area contributed by atoms with Crippen LogP contribution in [0.1, 0.15) is 50.0 Å². The predicted molar refractivity (Wildman–Crippen MR) is 160 cm³/mol. The van der Waals surface area contributed by atoms with Gasteiger partial charge in [-0.15, -0.1) is 0 Å². The van der Waals surface area contributed by atoms with E-state index in [-0.39, 0.29) is 17.4 Å². The molecule has 3 aromatic heterocycles. The molecule has 4 aromatic rings. The van der Waals surface area contributed by atoms with Gasteiger partial charge in [0.25, 0.3) is 5.56 Å². The molecular formula is C30H29ClF2N8O2. The molecule has 2 bridgehead atoms. The second-order valence-electron chi connectivity index (χ2n) is 10.2. The van der Waals surface area contributed by atoms with E-state index >= 15 is 0 Å². The molecule has 43 heavy (non-hydrogen) atoms. The highest BCUT2D eigenvalue weighted by molar-refractivity contribution is 6.31. The summed E-state index contributed by atoms with van der Waals surface area (Å²) in [5, 5.41) is 17.9. The minimum Gasteiger partial charge on any atom is -0.386 e. The number of carbonyl (C=O) groups is 1. The number of alkyl halides is 2. The molecular weight excluding hydrogens is 578 g/mol. The summed E-state index contributed by atoms with van der Waals surface area (Å²) < 4.78 is 28.4. The van der Waals surface area contributed by atoms with Crippen LogP contribution in [0, 0.1) is 11.3 Å². The van der Waals surface area contributed by atoms with Gasteiger partial charge in [0, 0.05) is 59.4 Å². The average Bonchev–Trinajstić information content (AvgIpc) is 3.49. The van der Waals surface area contributed by atoms with Crippen LogP contribution in [0.3, 0.4) is 0 Å². The van der Waals surface area contributed by atoms with Crippen LogP contribution in [-0.2, 0) is 4.79 Å². The van der Waals surface area contributed by atoms with Crippen molar-refractivity contribution in [3.8, 4) is 22.4 Å². The van der Waals surface area contributed by atoms with E-state index < -0.39 is 12.6 Å². The standard InChI is InChI=1S/C30H29ClF2N8O2/c1-17-4-3-5-26(24-10-18(8-9-36-24)28(35-2)25(13-34)39-29(17)43)40-16-37-23(12-27(40)42)22-11-20(31)6-7-21(22)19-14-38-41(15-19)30(32)33/h6-17,26,30,34-35H,3-5H2,1-2H3,(H,39,43)/b28-25+,34-13?. The molecule has 1 aliphatic rings. The first-order valence-corrected chi connectivity index (χ1v) is 14.0. The fraction of sp³-hybridized carbons (Fsp3) is 0.267. The van der Waals surface area contributed by atoms with Crippen molar-refractivity contribution >= 4 is 29.4 Å². The first-order chi connectivity index (χ1) is 20.7. The molecule has 2 unspecified atom stereocenters. The Balaban J connectivity index is 1.59. The molecule has 2 atom stereocenters. The fourth-order valence-corrected chi connectivity index (χ4v) is 5.35. The van der Waals surface area contributed by atoms with E-state index in [1.165, 1.54) is 29.4 Å². The smallest absolute Gasteiger partial charge is 0.333 e. The first kappa shape index (κ1) is 29.8. The molecule has 0 fully saturated rings. The number of aromatic nitrogens is 5. The van der Waals surface area contributed by atoms with Crippen LogP contribution in [0.25, 0.3) is 28.1 Å². The Kier molecular flexibility index (Phi) is 8.76. The van der Waals surface area contributed by atoms with Crippen molar-refractivity contribution in [2.45, 2.75) is 38.8 Å². The zero-order chi connectivity index (χ0) is 30.7. The molecule has 13 heteroatoms. The lowest BCUT2D eigenvalue weighted by Crippen LogP contribution is -2.32. The summed E-state index contributed by atoms with van der Waals surface area (Å²) in [6.07, 6.45) is 8.40. The Labute approximate surface area is 251 Å². The van der Waals surface area contributed by atoms with E-state index in [1.54, 1.807) is 37.5 Å². The SMILES string of the molecule is CN/C1=C(\C=N)NC(=O)C(C)CCCC(n2cnc(-c3cc(Cl)ccc3-c3cnn(C(F)F)c3)cc2=O)c2cc1ccn2. The molecule has 222 valence electrons. The summed E-state index contributed by atoms with van der Waals surface area (Å²) >= 11 is 6.28. The third kappa shape index (κ3) is 6.24. The van der Waals surface area contributed by atoms with Gasteiger partial charge in [-0.1, -0.05) is 31.0 Å². The van der Waals surface area contributed by atoms with Gasteiger partial charge in [-0.05, 0) is 42.7 Å². The molecule has 1 aliphatic heterocycles. The van der Waals surface area contributed by atoms with Crippen LogP contribution >= 0.6 is 11.6 Å². The molecule has 0 radical (unpaired) electrons. The van der Waals surface area contributed by atoms with Crippen LogP contribution in [0.5, 0.6) is 0 Å². The lowest BCUT2D eigenvalue weighted by atomic mass is 9.96. The van der Waals surface area contributed by atoms with E-state index in [0.29, 0.717) is 74.0 Å². The summed E-state index contributed by atoms with van der Waals surface area (Å²) in [6, 6.07) is 9.41. The summed E-state index contributed by atoms with van der Waals surface area (Å²) in [5.74, 6) is -0.524. The Morgan fingerprint density at radius 2 is 1.93 bits per heavy atom. The molecule has 0 saturated heterocycles. The number of nitrogens with zero attached hydrogens (tertiary/aromatic N) is 5. The number of hydrogen-bond donors (Lipinski definition) is 3. The molecule has 1 aromatic carbocycles. The van der Waals surface area contributed by atoms with Gasteiger partial charge < -0.3 is 16.0 Å². The minimum absolute atomic E-state index is 0.197. The second kappa shape index (κ2) is 12.7. The zero-order valence-corrected chi connectivity index (χ0v) is 24.1. The van der Waals surface area contributed by atoms with Crippen molar-refractivity contribution in [3.05, 3.63) is 93.6 Å². The molecule has 3 N–H and O–H groups in total. The van der Waals surface area contributed by atoms with E-state index in [0.717, 1.165) is 6.21 Å². The number of halogens is 3. The van der Waals surface area contributed by atoms with E-state index in [2.05, 4.69) is 25.7 Å². The van der Waals surface area contributed by atoms with Crippen LogP contribution < -0.4 is 16.2 Å². The molecule has 0 aliphatic carbocycles. The third-order valence-corrected chi connectivity index (χ3v) is 7.67. The highest BCUT2D eigenvalue weighted by atomic mass is 35.5. The van der Waals surface area contributed by atoms with Gasteiger partial charge in [-0.2, -0.15) is 13.9 Å². The van der Waals surface area contributed by atoms with Gasteiger partial charge in [-0.25, -0.2) is 9.67 Å². The van der Waals surface area contributed by atoms with Gasteiger partial charge in [-0.3, -0.25) is 19.1 Å². The Hall–Kier alpha value is -4.71. The Morgan fingerprint density at radius 1 is 1.12 bits per heavy atom. The normalized spacial score (nSPS) is 19.3. The number of nitrogens with one attached hydrogen (secondary N) is 3. The number of benzene rings is 1. The second-order valence-corrected chi connectivity index (χ2v) is 10.6. The molecule has 1 amide bonds. The van der Waals surface area contributed by atoms with Gasteiger partial charge in [0.15, 0.2) is 0 Å². The minimum atomic E-state index is -2.79. The largest absolute Gasteiger partial charge is 0.386 e. The number of allylic oxidation sites excluding steroid dienone is 1. The average molecular weight is 607 g/mol. The fourth-order valence-electron chi connectivity index (χ4n) is 5.18. The number of rotatable bonds is 6. The van der Waals surface area contributed by atoms with Gasteiger partial charge in [0.2, 0.25) is 5.91 Å². The topological polar surface area (TPSA) is 131 Å². The van der Waals surface area contributed by atoms with Crippen LogP contribution in [-0.4, -0.2) is 43.5 Å². The van der Waals surface area contributed by atoms with E-state index in [4.69, 9.17) is 17.0 Å². The quantitative estimate of drug-likeness (QED) is 0.256. The zero-order valence-electron chi connectivity index (χ0n) is 23.4. The molecule has 4 heterocycles. The first-order valence-electron chi connectivity index (χ1n) is 13.6. The maximum Gasteiger partial charge on any atom is 0.333 e. The lowest BCUT2D eigenvalue weighted by Gasteiger charge is -2.23. The Morgan fingerprint density at radius 3 is 2.63 bits per heavy atom. The van der Waals surface area contributed by atoms with Crippen LogP contribution in [0.4, 0.5) is 8.78 Å². The highest BCUT2D eigenvalue weighted by Gasteiger charge is 2.23. The summed E-state index contributed by atoms with van der Waals surface area (Å²) in [5.41, 5.74) is 3.61. The van der Waals surface area contributed by atoms with Crippen molar-refractivity contribution in [1.29, 1.82) is 5.41 Å². The van der Waals surface area contributed by atoms with Crippen molar-refractivity contribution in [3.63, 3.8) is 0 Å². The summed E-state index contributed by atoms with van der Waals surface area (Å²) in [6.45, 7) is -0.969. The van der Waals surface area contributed by atoms with Crippen molar-refractivity contribution in [2.24, 2.45) is 5.92 Å². The van der Waals surface area contributed by atoms with Crippen LogP contribution in [0.15, 0.2) is 71.8 Å². The molecule has 5 rings (SSSR count). The van der Waals surface area contributed by atoms with Crippen molar-refractivity contribution in [2.75, 3.05) is 7.05 Å². The van der Waals surface area contributed by atoms with E-state index in [1.807, 2.05) is 13.0 Å². The number of fused-ring (bicyclic) bond motifs is 2. The maximum absolute atomic E-state index is 13.7. The molecule has 0 spiro atoms. The molecule has 0 saturated carbocycles. The van der Waals surface area contributed by atoms with Crippen molar-refractivity contribution < 1.29 is 13.6 Å². The van der Waals surface area contributed by atoms with Crippen LogP contribution in [0.2, 0.25) is 5.02 Å². The number of hydrogen-bond acceptors (Lipinski definition) is 7. The van der Waals surface area contributed by atoms with E-state index in [9.17, 15) is 18.4 Å². The van der Waals surface area contributed by atoms with Gasteiger partial charge in [0.1, 0.15) is 0 Å². The predicted octanol–water partition coefficient (Wildman–Crippen LogP) is 5.28. The number of pyridine rings is 1. The highest BCUT2D eigenvalue weighted by Crippen LogP contribution is 2.34. The maximum atomic E-state index is 13.7. The number of amides is 1. The lowest BCUT2D eigenvalue weighted by molar-refractivity contribution is -0.123. The third-order valence-electron chi connectivity index (χ3n) is 7.44. The monoisotopic (exact) mass is 606 g/mol. The Bertz CT molecular complexity index is 1770. The number of carbonyl (C=O) groups excluding carboxylic acids is 1. The summed E-state index contributed by atoms with van der Waals surface area (Å²) in [7, 11) is 1.70. The molecule has 10 nitrogen and oxygen atoms in total. The van der Waals surface area contributed by atoms with Crippen molar-refractivity contribution in [1.82, 2.24) is 34.9 Å².